The topological polar surface area (TPSA) is 86.2 Å². The lowest BCUT2D eigenvalue weighted by atomic mass is 10.2. The van der Waals surface area contributed by atoms with Gasteiger partial charge in [-0.3, -0.25) is 14.3 Å². The summed E-state index contributed by atoms with van der Waals surface area (Å²) in [5.74, 6) is -0.0694. The summed E-state index contributed by atoms with van der Waals surface area (Å²) in [6.45, 7) is 0. The molecule has 0 fully saturated rings. The van der Waals surface area contributed by atoms with Gasteiger partial charge in [-0.15, -0.1) is 0 Å². The Bertz CT molecular complexity index is 737. The molecule has 0 aliphatic rings. The Kier molecular flexibility index (Phi) is 4.82. The van der Waals surface area contributed by atoms with Gasteiger partial charge in [-0.05, 0) is 30.3 Å². The van der Waals surface area contributed by atoms with Gasteiger partial charge in [-0.1, -0.05) is 23.2 Å². The molecule has 2 aromatic carbocycles. The number of benzene rings is 2. The smallest absolute Gasteiger partial charge is 0.273 e. The number of hydrogen-bond acceptors (Lipinski definition) is 4. The summed E-state index contributed by atoms with van der Waals surface area (Å²) in [7, 11) is -1.57. The van der Waals surface area contributed by atoms with Crippen LogP contribution in [-0.4, -0.2) is 9.13 Å². The highest BCUT2D eigenvalue weighted by Gasteiger charge is 2.18. The van der Waals surface area contributed by atoms with E-state index in [0.717, 1.165) is 0 Å². The number of halogens is 2. The molecule has 21 heavy (non-hydrogen) atoms. The first-order valence-electron chi connectivity index (χ1n) is 5.74. The van der Waals surface area contributed by atoms with E-state index in [2.05, 4.69) is 0 Å². The van der Waals surface area contributed by atoms with Gasteiger partial charge in [-0.2, -0.15) is 0 Å². The van der Waals surface area contributed by atoms with E-state index in [-0.39, 0.29) is 17.0 Å². The lowest BCUT2D eigenvalue weighted by Gasteiger charge is -2.07. The first-order chi connectivity index (χ1) is 9.88. The molecule has 110 valence electrons. The van der Waals surface area contributed by atoms with Crippen LogP contribution >= 0.6 is 23.2 Å². The molecule has 0 aromatic heterocycles. The summed E-state index contributed by atoms with van der Waals surface area (Å²) < 4.78 is 12.4. The fourth-order valence-corrected chi connectivity index (χ4v) is 3.55. The fraction of sp³-hybridized carbons (Fsp3) is 0.0769. The monoisotopic (exact) mass is 344 g/mol. The molecule has 2 rings (SSSR count). The van der Waals surface area contributed by atoms with E-state index in [1.54, 1.807) is 6.07 Å². The van der Waals surface area contributed by atoms with E-state index in [0.29, 0.717) is 20.6 Å². The van der Waals surface area contributed by atoms with Crippen LogP contribution in [0, 0.1) is 10.1 Å². The molecule has 0 saturated heterocycles. The van der Waals surface area contributed by atoms with Crippen molar-refractivity contribution in [1.82, 2.24) is 0 Å². The maximum atomic E-state index is 12.4. The van der Waals surface area contributed by atoms with Crippen molar-refractivity contribution < 1.29 is 9.13 Å². The van der Waals surface area contributed by atoms with Crippen LogP contribution in [0.4, 0.5) is 11.4 Å². The minimum absolute atomic E-state index is 0.0694. The van der Waals surface area contributed by atoms with Crippen LogP contribution in [0.3, 0.4) is 0 Å². The highest BCUT2D eigenvalue weighted by atomic mass is 35.5. The molecular formula is C13H10Cl2N2O3S. The highest BCUT2D eigenvalue weighted by molar-refractivity contribution is 7.84. The van der Waals surface area contributed by atoms with Crippen molar-refractivity contribution in [3.8, 4) is 0 Å². The Hall–Kier alpha value is -1.63. The Morgan fingerprint density at radius 1 is 1.19 bits per heavy atom. The number of rotatable bonds is 4. The molecule has 0 heterocycles. The Balaban J connectivity index is 2.38. The minimum atomic E-state index is -1.57. The van der Waals surface area contributed by atoms with E-state index >= 15 is 0 Å². The number of hydrogen-bond donors (Lipinski definition) is 1. The average molecular weight is 345 g/mol. The predicted molar refractivity (Wildman–Crippen MR) is 84.1 cm³/mol. The van der Waals surface area contributed by atoms with Crippen LogP contribution in [0.1, 0.15) is 5.56 Å². The largest absolute Gasteiger partial charge is 0.399 e. The summed E-state index contributed by atoms with van der Waals surface area (Å²) >= 11 is 11.8. The molecule has 2 N–H and O–H groups in total. The van der Waals surface area contributed by atoms with Crippen LogP contribution in [-0.2, 0) is 16.6 Å². The molecule has 0 radical (unpaired) electrons. The second-order valence-corrected chi connectivity index (χ2v) is 6.47. The van der Waals surface area contributed by atoms with Crippen molar-refractivity contribution in [1.29, 1.82) is 0 Å². The van der Waals surface area contributed by atoms with E-state index in [1.165, 1.54) is 30.3 Å². The number of nitro groups is 1. The van der Waals surface area contributed by atoms with E-state index in [1.807, 2.05) is 0 Å². The average Bonchev–Trinajstić information content (AvgIpc) is 2.41. The first-order valence-corrected chi connectivity index (χ1v) is 7.82. The van der Waals surface area contributed by atoms with Gasteiger partial charge >= 0.3 is 0 Å². The van der Waals surface area contributed by atoms with Gasteiger partial charge in [-0.25, -0.2) is 0 Å². The number of nitrogens with zero attached hydrogens (tertiary/aromatic N) is 1. The molecule has 0 bridgehead atoms. The summed E-state index contributed by atoms with van der Waals surface area (Å²) in [6, 6.07) is 8.75. The molecule has 0 aliphatic carbocycles. The van der Waals surface area contributed by atoms with Crippen molar-refractivity contribution >= 4 is 45.4 Å². The summed E-state index contributed by atoms with van der Waals surface area (Å²) in [5.41, 5.74) is 6.21. The quantitative estimate of drug-likeness (QED) is 0.519. The number of anilines is 1. The molecule has 0 amide bonds. The lowest BCUT2D eigenvalue weighted by molar-refractivity contribution is -0.385. The predicted octanol–water partition coefficient (Wildman–Crippen LogP) is 3.79. The molecule has 0 saturated carbocycles. The molecule has 0 aliphatic heterocycles. The van der Waals surface area contributed by atoms with Gasteiger partial charge in [0.15, 0.2) is 0 Å². The van der Waals surface area contributed by atoms with E-state index in [9.17, 15) is 14.3 Å². The van der Waals surface area contributed by atoms with Crippen molar-refractivity contribution in [3.63, 3.8) is 0 Å². The normalized spacial score (nSPS) is 12.1. The van der Waals surface area contributed by atoms with Gasteiger partial charge in [0.2, 0.25) is 0 Å². The molecule has 0 spiro atoms. The van der Waals surface area contributed by atoms with Crippen molar-refractivity contribution in [2.75, 3.05) is 5.73 Å². The minimum Gasteiger partial charge on any atom is -0.399 e. The molecule has 8 heteroatoms. The summed E-state index contributed by atoms with van der Waals surface area (Å²) in [6.07, 6.45) is 0. The second-order valence-electron chi connectivity index (χ2n) is 4.21. The maximum absolute atomic E-state index is 12.4. The van der Waals surface area contributed by atoms with Gasteiger partial charge in [0.25, 0.3) is 5.69 Å². The van der Waals surface area contributed by atoms with Gasteiger partial charge in [0.1, 0.15) is 0 Å². The van der Waals surface area contributed by atoms with E-state index in [4.69, 9.17) is 28.9 Å². The number of nitrogens with two attached hydrogens (primary N) is 1. The SMILES string of the molecule is Nc1ccc(Cl)c(S(=O)Cc2cc(Cl)ccc2[N+](=O)[O-])c1. The molecule has 1 unspecified atom stereocenters. The van der Waals surface area contributed by atoms with E-state index < -0.39 is 15.7 Å². The standard InChI is InChI=1S/C13H10Cl2N2O3S/c14-9-1-4-12(17(18)19)8(5-9)7-21(20)13-6-10(16)2-3-11(13)15/h1-6H,7,16H2. The highest BCUT2D eigenvalue weighted by Crippen LogP contribution is 2.28. The third-order valence-electron chi connectivity index (χ3n) is 2.73. The van der Waals surface area contributed by atoms with Crippen molar-refractivity contribution in [2.45, 2.75) is 10.6 Å². The third-order valence-corrected chi connectivity index (χ3v) is 4.80. The molecular weight excluding hydrogens is 335 g/mol. The third kappa shape index (κ3) is 3.72. The number of nitrogen functional groups attached to an aromatic ring is 1. The summed E-state index contributed by atoms with van der Waals surface area (Å²) in [5, 5.41) is 11.6. The van der Waals surface area contributed by atoms with Gasteiger partial charge in [0.05, 0.1) is 31.4 Å². The first kappa shape index (κ1) is 15.8. The van der Waals surface area contributed by atoms with Crippen LogP contribution in [0.2, 0.25) is 10.0 Å². The lowest BCUT2D eigenvalue weighted by Crippen LogP contribution is -2.02. The Morgan fingerprint density at radius 3 is 2.57 bits per heavy atom. The number of nitro benzene ring substituents is 1. The Labute approximate surface area is 133 Å². The zero-order valence-corrected chi connectivity index (χ0v) is 12.9. The van der Waals surface area contributed by atoms with Crippen LogP contribution in [0.5, 0.6) is 0 Å². The molecule has 2 aromatic rings. The van der Waals surface area contributed by atoms with Gasteiger partial charge < -0.3 is 5.73 Å². The molecule has 5 nitrogen and oxygen atoms in total. The molecule has 1 atom stereocenters. The second kappa shape index (κ2) is 6.43. The Morgan fingerprint density at radius 2 is 1.90 bits per heavy atom. The van der Waals surface area contributed by atoms with Crippen molar-refractivity contribution in [2.24, 2.45) is 0 Å². The zero-order valence-electron chi connectivity index (χ0n) is 10.6. The zero-order chi connectivity index (χ0) is 15.6. The van der Waals surface area contributed by atoms with Gasteiger partial charge in [0, 0.05) is 22.3 Å². The van der Waals surface area contributed by atoms with Crippen LogP contribution < -0.4 is 5.73 Å². The fourth-order valence-electron chi connectivity index (χ4n) is 1.76. The summed E-state index contributed by atoms with van der Waals surface area (Å²) in [4.78, 5) is 10.8. The maximum Gasteiger partial charge on any atom is 0.273 e. The van der Waals surface area contributed by atoms with Crippen LogP contribution in [0.15, 0.2) is 41.3 Å². The van der Waals surface area contributed by atoms with Crippen molar-refractivity contribution in [3.05, 3.63) is 62.1 Å². The van der Waals surface area contributed by atoms with Crippen LogP contribution in [0.25, 0.3) is 0 Å².